The first-order valence-electron chi connectivity index (χ1n) is 7.64. The van der Waals surface area contributed by atoms with Gasteiger partial charge in [-0.05, 0) is 56.1 Å². The van der Waals surface area contributed by atoms with Crippen molar-refractivity contribution in [1.29, 1.82) is 0 Å². The summed E-state index contributed by atoms with van der Waals surface area (Å²) in [7, 11) is 1.63. The number of fused-ring (bicyclic) bond motifs is 1. The third kappa shape index (κ3) is 3.13. The van der Waals surface area contributed by atoms with Crippen molar-refractivity contribution in [3.05, 3.63) is 28.8 Å². The standard InChI is InChI=1S/C16H21ClN2O2S/c1-21-16(5-7-18-8-6-16)15(20)19-13-4-9-22-14-3-2-11(17)10-12(13)14/h2-3,10,13,18H,4-9H2,1H3,(H,19,20). The molecule has 4 nitrogen and oxygen atoms in total. The smallest absolute Gasteiger partial charge is 0.252 e. The van der Waals surface area contributed by atoms with Gasteiger partial charge in [0.25, 0.3) is 5.91 Å². The summed E-state index contributed by atoms with van der Waals surface area (Å²) in [6.45, 7) is 1.62. The van der Waals surface area contributed by atoms with E-state index in [1.165, 1.54) is 4.90 Å². The van der Waals surface area contributed by atoms with Gasteiger partial charge in [0.2, 0.25) is 0 Å². The molecule has 0 aromatic heterocycles. The summed E-state index contributed by atoms with van der Waals surface area (Å²) in [5.41, 5.74) is 0.423. The van der Waals surface area contributed by atoms with Crippen molar-refractivity contribution < 1.29 is 9.53 Å². The van der Waals surface area contributed by atoms with Gasteiger partial charge in [0.15, 0.2) is 0 Å². The number of rotatable bonds is 3. The summed E-state index contributed by atoms with van der Waals surface area (Å²) in [5.74, 6) is 1.00. The Labute approximate surface area is 140 Å². The number of ether oxygens (including phenoxy) is 1. The molecule has 2 N–H and O–H groups in total. The Hall–Kier alpha value is -0.750. The normalized spacial score (nSPS) is 23.6. The topological polar surface area (TPSA) is 50.4 Å². The lowest BCUT2D eigenvalue weighted by Gasteiger charge is -2.37. The van der Waals surface area contributed by atoms with Gasteiger partial charge in [0, 0.05) is 22.8 Å². The van der Waals surface area contributed by atoms with Crippen molar-refractivity contribution in [3.8, 4) is 0 Å². The van der Waals surface area contributed by atoms with Crippen LogP contribution in [0.25, 0.3) is 0 Å². The maximum Gasteiger partial charge on any atom is 0.252 e. The first-order valence-corrected chi connectivity index (χ1v) is 9.00. The number of amides is 1. The van der Waals surface area contributed by atoms with Crippen LogP contribution in [0.3, 0.4) is 0 Å². The second-order valence-electron chi connectivity index (χ2n) is 5.79. The average Bonchev–Trinajstić information content (AvgIpc) is 2.56. The van der Waals surface area contributed by atoms with Gasteiger partial charge in [0.1, 0.15) is 5.60 Å². The summed E-state index contributed by atoms with van der Waals surface area (Å²) < 4.78 is 5.61. The van der Waals surface area contributed by atoms with Crippen LogP contribution in [-0.2, 0) is 9.53 Å². The van der Waals surface area contributed by atoms with Crippen molar-refractivity contribution in [2.75, 3.05) is 26.0 Å². The number of thioether (sulfide) groups is 1. The van der Waals surface area contributed by atoms with Crippen LogP contribution >= 0.6 is 23.4 Å². The van der Waals surface area contributed by atoms with Gasteiger partial charge in [-0.2, -0.15) is 0 Å². The van der Waals surface area contributed by atoms with Gasteiger partial charge in [0.05, 0.1) is 6.04 Å². The molecule has 6 heteroatoms. The van der Waals surface area contributed by atoms with E-state index in [1.807, 2.05) is 30.0 Å². The fourth-order valence-electron chi connectivity index (χ4n) is 3.16. The molecule has 22 heavy (non-hydrogen) atoms. The molecule has 1 aromatic rings. The molecule has 2 aliphatic heterocycles. The number of carbonyl (C=O) groups is 1. The molecule has 1 fully saturated rings. The Morgan fingerprint density at radius 2 is 2.23 bits per heavy atom. The van der Waals surface area contributed by atoms with Gasteiger partial charge >= 0.3 is 0 Å². The predicted octanol–water partition coefficient (Wildman–Crippen LogP) is 2.76. The van der Waals surface area contributed by atoms with E-state index in [1.54, 1.807) is 7.11 Å². The molecule has 0 saturated carbocycles. The first kappa shape index (κ1) is 16.1. The van der Waals surface area contributed by atoms with Crippen molar-refractivity contribution in [2.24, 2.45) is 0 Å². The summed E-state index contributed by atoms with van der Waals surface area (Å²) in [5, 5.41) is 7.19. The molecule has 0 radical (unpaired) electrons. The lowest BCUT2D eigenvalue weighted by Crippen LogP contribution is -2.54. The van der Waals surface area contributed by atoms with Crippen LogP contribution < -0.4 is 10.6 Å². The molecule has 2 heterocycles. The van der Waals surface area contributed by atoms with Crippen LogP contribution in [0.5, 0.6) is 0 Å². The third-order valence-corrected chi connectivity index (χ3v) is 5.89. The SMILES string of the molecule is COC1(C(=O)NC2CCSc3ccc(Cl)cc32)CCNCC1. The Kier molecular flexibility index (Phi) is 4.97. The number of nitrogens with one attached hydrogen (secondary N) is 2. The average molecular weight is 341 g/mol. The van der Waals surface area contributed by atoms with Crippen molar-refractivity contribution >= 4 is 29.3 Å². The largest absolute Gasteiger partial charge is 0.368 e. The maximum absolute atomic E-state index is 12.8. The minimum absolute atomic E-state index is 0.000625. The Morgan fingerprint density at radius 1 is 1.45 bits per heavy atom. The molecule has 3 rings (SSSR count). The van der Waals surface area contributed by atoms with Gasteiger partial charge in [-0.1, -0.05) is 11.6 Å². The summed E-state index contributed by atoms with van der Waals surface area (Å²) >= 11 is 7.94. The molecule has 0 spiro atoms. The molecule has 2 aliphatic rings. The Bertz CT molecular complexity index is 561. The first-order chi connectivity index (χ1) is 10.6. The number of hydrogen-bond acceptors (Lipinski definition) is 4. The Balaban J connectivity index is 1.79. The third-order valence-electron chi connectivity index (χ3n) is 4.53. The minimum Gasteiger partial charge on any atom is -0.368 e. The molecule has 0 bridgehead atoms. The monoisotopic (exact) mass is 340 g/mol. The molecule has 1 aromatic carbocycles. The highest BCUT2D eigenvalue weighted by Gasteiger charge is 2.41. The van der Waals surface area contributed by atoms with Crippen LogP contribution in [0.4, 0.5) is 0 Å². The van der Waals surface area contributed by atoms with Crippen molar-refractivity contribution in [1.82, 2.24) is 10.6 Å². The highest BCUT2D eigenvalue weighted by molar-refractivity contribution is 7.99. The zero-order chi connectivity index (χ0) is 15.6. The number of halogens is 1. The predicted molar refractivity (Wildman–Crippen MR) is 89.5 cm³/mol. The maximum atomic E-state index is 12.8. The van der Waals surface area contributed by atoms with E-state index in [9.17, 15) is 4.79 Å². The highest BCUT2D eigenvalue weighted by atomic mass is 35.5. The van der Waals surface area contributed by atoms with E-state index in [-0.39, 0.29) is 11.9 Å². The summed E-state index contributed by atoms with van der Waals surface area (Å²) in [4.78, 5) is 14.0. The van der Waals surface area contributed by atoms with Gasteiger partial charge in [-0.25, -0.2) is 0 Å². The lowest BCUT2D eigenvalue weighted by molar-refractivity contribution is -0.147. The van der Waals surface area contributed by atoms with Crippen molar-refractivity contribution in [2.45, 2.75) is 35.8 Å². The second kappa shape index (κ2) is 6.79. The second-order valence-corrected chi connectivity index (χ2v) is 7.37. The fraction of sp³-hybridized carbons (Fsp3) is 0.562. The van der Waals surface area contributed by atoms with Crippen LogP contribution in [-0.4, -0.2) is 37.5 Å². The van der Waals surface area contributed by atoms with Crippen LogP contribution in [0, 0.1) is 0 Å². The van der Waals surface area contributed by atoms with E-state index >= 15 is 0 Å². The molecule has 1 unspecified atom stereocenters. The molecule has 1 atom stereocenters. The molecule has 120 valence electrons. The number of piperidine rings is 1. The number of benzene rings is 1. The van der Waals surface area contributed by atoms with Crippen LogP contribution in [0.2, 0.25) is 5.02 Å². The van der Waals surface area contributed by atoms with E-state index in [4.69, 9.17) is 16.3 Å². The number of carbonyl (C=O) groups excluding carboxylic acids is 1. The molecular formula is C16H21ClN2O2S. The van der Waals surface area contributed by atoms with Crippen LogP contribution in [0.15, 0.2) is 23.1 Å². The van der Waals surface area contributed by atoms with E-state index < -0.39 is 5.60 Å². The van der Waals surface area contributed by atoms with Gasteiger partial charge in [-0.3, -0.25) is 4.79 Å². The lowest BCUT2D eigenvalue weighted by atomic mass is 9.90. The zero-order valence-corrected chi connectivity index (χ0v) is 14.2. The molecule has 1 saturated heterocycles. The number of methoxy groups -OCH3 is 1. The quantitative estimate of drug-likeness (QED) is 0.888. The van der Waals surface area contributed by atoms with Gasteiger partial charge in [-0.15, -0.1) is 11.8 Å². The summed E-state index contributed by atoms with van der Waals surface area (Å²) in [6, 6.07) is 5.93. The van der Waals surface area contributed by atoms with E-state index in [0.717, 1.165) is 30.8 Å². The van der Waals surface area contributed by atoms with E-state index in [2.05, 4.69) is 10.6 Å². The molecule has 1 amide bonds. The van der Waals surface area contributed by atoms with Crippen LogP contribution in [0.1, 0.15) is 30.9 Å². The van der Waals surface area contributed by atoms with Crippen molar-refractivity contribution in [3.63, 3.8) is 0 Å². The zero-order valence-electron chi connectivity index (χ0n) is 12.7. The molecule has 0 aliphatic carbocycles. The Morgan fingerprint density at radius 3 is 2.95 bits per heavy atom. The van der Waals surface area contributed by atoms with E-state index in [0.29, 0.717) is 17.9 Å². The highest BCUT2D eigenvalue weighted by Crippen LogP contribution is 2.38. The summed E-state index contributed by atoms with van der Waals surface area (Å²) in [6.07, 6.45) is 2.33. The minimum atomic E-state index is -0.700. The van der Waals surface area contributed by atoms with Gasteiger partial charge < -0.3 is 15.4 Å². The number of hydrogen-bond donors (Lipinski definition) is 2. The molecular weight excluding hydrogens is 320 g/mol. The fourth-order valence-corrected chi connectivity index (χ4v) is 4.45.